The molecule has 0 radical (unpaired) electrons. The quantitative estimate of drug-likeness (QED) is 0.270. The van der Waals surface area contributed by atoms with Crippen molar-refractivity contribution in [1.29, 1.82) is 0 Å². The summed E-state index contributed by atoms with van der Waals surface area (Å²) in [4.78, 5) is 16.2. The Bertz CT molecular complexity index is 544. The average molecular weight is 450 g/mol. The highest BCUT2D eigenvalue weighted by molar-refractivity contribution is 14.0. The zero-order valence-electron chi connectivity index (χ0n) is 14.8. The van der Waals surface area contributed by atoms with E-state index in [1.165, 1.54) is 12.1 Å². The lowest BCUT2D eigenvalue weighted by Gasteiger charge is -2.18. The zero-order chi connectivity index (χ0) is 17.3. The number of guanidine groups is 1. The molecule has 0 saturated carbocycles. The fraction of sp³-hybridized carbons (Fsp3) is 0.529. The summed E-state index contributed by atoms with van der Waals surface area (Å²) in [6.07, 6.45) is 0. The highest BCUT2D eigenvalue weighted by Gasteiger charge is 2.20. The summed E-state index contributed by atoms with van der Waals surface area (Å²) in [6, 6.07) is 6.38. The number of amides is 1. The number of halogens is 2. The number of hydrogen-bond acceptors (Lipinski definition) is 2. The molecule has 0 heterocycles. The van der Waals surface area contributed by atoms with Crippen LogP contribution in [0.5, 0.6) is 0 Å². The van der Waals surface area contributed by atoms with Crippen LogP contribution in [0.4, 0.5) is 4.39 Å². The van der Waals surface area contributed by atoms with Gasteiger partial charge in [0, 0.05) is 25.0 Å². The molecule has 3 N–H and O–H groups in total. The summed E-state index contributed by atoms with van der Waals surface area (Å²) >= 11 is 0. The summed E-state index contributed by atoms with van der Waals surface area (Å²) in [6.45, 7) is 9.80. The Morgan fingerprint density at radius 3 is 2.42 bits per heavy atom. The van der Waals surface area contributed by atoms with Gasteiger partial charge in [-0.05, 0) is 24.6 Å². The van der Waals surface area contributed by atoms with Crippen molar-refractivity contribution in [3.05, 3.63) is 35.6 Å². The van der Waals surface area contributed by atoms with Gasteiger partial charge in [-0.3, -0.25) is 4.79 Å². The molecule has 1 rings (SSSR count). The normalized spacial score (nSPS) is 11.5. The van der Waals surface area contributed by atoms with Crippen LogP contribution in [0.3, 0.4) is 0 Å². The molecule has 0 fully saturated rings. The second-order valence-electron chi connectivity index (χ2n) is 6.26. The SMILES string of the molecule is CCNC(=NCc1cccc(F)c1)NCCNC(=O)C(C)(C)C.I. The second-order valence-corrected chi connectivity index (χ2v) is 6.26. The average Bonchev–Trinajstić information content (AvgIpc) is 2.47. The topological polar surface area (TPSA) is 65.5 Å². The van der Waals surface area contributed by atoms with Crippen LogP contribution in [0.15, 0.2) is 29.3 Å². The Balaban J connectivity index is 0.00000529. The Morgan fingerprint density at radius 1 is 1.17 bits per heavy atom. The van der Waals surface area contributed by atoms with Crippen molar-refractivity contribution >= 4 is 35.8 Å². The molecule has 0 saturated heterocycles. The predicted molar refractivity (Wildman–Crippen MR) is 107 cm³/mol. The Labute approximate surface area is 160 Å². The minimum Gasteiger partial charge on any atom is -0.357 e. The van der Waals surface area contributed by atoms with Gasteiger partial charge in [0.15, 0.2) is 5.96 Å². The third kappa shape index (κ3) is 9.05. The molecule has 1 aromatic carbocycles. The first-order valence-electron chi connectivity index (χ1n) is 7.88. The molecule has 0 aliphatic carbocycles. The molecule has 1 aromatic rings. The van der Waals surface area contributed by atoms with Crippen molar-refractivity contribution in [2.45, 2.75) is 34.2 Å². The van der Waals surface area contributed by atoms with E-state index in [1.807, 2.05) is 33.8 Å². The van der Waals surface area contributed by atoms with Crippen LogP contribution in [-0.2, 0) is 11.3 Å². The van der Waals surface area contributed by atoms with E-state index in [2.05, 4.69) is 20.9 Å². The zero-order valence-corrected chi connectivity index (χ0v) is 17.1. The Morgan fingerprint density at radius 2 is 1.83 bits per heavy atom. The lowest BCUT2D eigenvalue weighted by molar-refractivity contribution is -0.128. The molecule has 136 valence electrons. The van der Waals surface area contributed by atoms with Gasteiger partial charge >= 0.3 is 0 Å². The molecule has 0 aliphatic heterocycles. The smallest absolute Gasteiger partial charge is 0.225 e. The van der Waals surface area contributed by atoms with Crippen molar-refractivity contribution < 1.29 is 9.18 Å². The lowest BCUT2D eigenvalue weighted by atomic mass is 9.96. The molecular weight excluding hydrogens is 422 g/mol. The standard InChI is InChI=1S/C17H27FN4O.HI/c1-5-19-16(21-10-9-20-15(23)17(2,3)4)22-12-13-7-6-8-14(18)11-13;/h6-8,11H,5,9-10,12H2,1-4H3,(H,20,23)(H2,19,21,22);1H. The predicted octanol–water partition coefficient (Wildman–Crippen LogP) is 2.66. The van der Waals surface area contributed by atoms with Gasteiger partial charge in [0.1, 0.15) is 5.82 Å². The lowest BCUT2D eigenvalue weighted by Crippen LogP contribution is -2.43. The van der Waals surface area contributed by atoms with Crippen LogP contribution in [0, 0.1) is 11.2 Å². The number of hydrogen-bond donors (Lipinski definition) is 3. The van der Waals surface area contributed by atoms with Gasteiger partial charge in [-0.1, -0.05) is 32.9 Å². The molecule has 0 spiro atoms. The molecule has 7 heteroatoms. The van der Waals surface area contributed by atoms with Gasteiger partial charge in [-0.15, -0.1) is 24.0 Å². The van der Waals surface area contributed by atoms with E-state index in [0.29, 0.717) is 25.6 Å². The maximum absolute atomic E-state index is 13.1. The van der Waals surface area contributed by atoms with Gasteiger partial charge in [0.05, 0.1) is 6.54 Å². The van der Waals surface area contributed by atoms with Gasteiger partial charge in [-0.2, -0.15) is 0 Å². The van der Waals surface area contributed by atoms with Gasteiger partial charge < -0.3 is 16.0 Å². The highest BCUT2D eigenvalue weighted by Crippen LogP contribution is 2.11. The Hall–Kier alpha value is -1.38. The molecule has 24 heavy (non-hydrogen) atoms. The Kier molecular flexibility index (Phi) is 10.6. The van der Waals surface area contributed by atoms with E-state index in [9.17, 15) is 9.18 Å². The molecule has 5 nitrogen and oxygen atoms in total. The van der Waals surface area contributed by atoms with E-state index in [1.54, 1.807) is 6.07 Å². The molecular formula is C17H28FIN4O. The molecule has 1 amide bonds. The highest BCUT2D eigenvalue weighted by atomic mass is 127. The molecule has 0 bridgehead atoms. The third-order valence-electron chi connectivity index (χ3n) is 3.04. The number of nitrogens with one attached hydrogen (secondary N) is 3. The van der Waals surface area contributed by atoms with Crippen LogP contribution in [-0.4, -0.2) is 31.5 Å². The summed E-state index contributed by atoms with van der Waals surface area (Å²) in [7, 11) is 0. The van der Waals surface area contributed by atoms with E-state index in [4.69, 9.17) is 0 Å². The molecule has 0 unspecified atom stereocenters. The van der Waals surface area contributed by atoms with Crippen molar-refractivity contribution in [2.75, 3.05) is 19.6 Å². The third-order valence-corrected chi connectivity index (χ3v) is 3.04. The second kappa shape index (κ2) is 11.2. The van der Waals surface area contributed by atoms with Crippen molar-refractivity contribution in [3.8, 4) is 0 Å². The molecule has 0 aromatic heterocycles. The first kappa shape index (κ1) is 22.6. The van der Waals surface area contributed by atoms with Crippen molar-refractivity contribution in [1.82, 2.24) is 16.0 Å². The minimum atomic E-state index is -0.393. The van der Waals surface area contributed by atoms with E-state index >= 15 is 0 Å². The number of carbonyl (C=O) groups excluding carboxylic acids is 1. The molecule has 0 atom stereocenters. The molecule has 0 aliphatic rings. The first-order chi connectivity index (χ1) is 10.8. The van der Waals surface area contributed by atoms with E-state index in [-0.39, 0.29) is 35.7 Å². The van der Waals surface area contributed by atoms with Crippen LogP contribution in [0.2, 0.25) is 0 Å². The fourth-order valence-corrected chi connectivity index (χ4v) is 1.77. The fourth-order valence-electron chi connectivity index (χ4n) is 1.77. The number of benzene rings is 1. The van der Waals surface area contributed by atoms with Gasteiger partial charge in [-0.25, -0.2) is 9.38 Å². The summed E-state index contributed by atoms with van der Waals surface area (Å²) in [5.74, 6) is 0.392. The van der Waals surface area contributed by atoms with E-state index < -0.39 is 5.41 Å². The van der Waals surface area contributed by atoms with Crippen LogP contribution in [0.1, 0.15) is 33.3 Å². The van der Waals surface area contributed by atoms with Crippen molar-refractivity contribution in [2.24, 2.45) is 10.4 Å². The van der Waals surface area contributed by atoms with Gasteiger partial charge in [0.2, 0.25) is 5.91 Å². The summed E-state index contributed by atoms with van der Waals surface area (Å²) in [5.41, 5.74) is 0.416. The van der Waals surface area contributed by atoms with E-state index in [0.717, 1.165) is 12.1 Å². The number of carbonyl (C=O) groups is 1. The van der Waals surface area contributed by atoms with Crippen LogP contribution >= 0.6 is 24.0 Å². The van der Waals surface area contributed by atoms with Crippen molar-refractivity contribution in [3.63, 3.8) is 0 Å². The maximum Gasteiger partial charge on any atom is 0.225 e. The number of rotatable bonds is 6. The summed E-state index contributed by atoms with van der Waals surface area (Å²) in [5, 5.41) is 9.13. The minimum absolute atomic E-state index is 0. The maximum atomic E-state index is 13.1. The van der Waals surface area contributed by atoms with Gasteiger partial charge in [0.25, 0.3) is 0 Å². The van der Waals surface area contributed by atoms with Crippen LogP contribution < -0.4 is 16.0 Å². The summed E-state index contributed by atoms with van der Waals surface area (Å²) < 4.78 is 13.1. The number of nitrogens with zero attached hydrogens (tertiary/aromatic N) is 1. The monoisotopic (exact) mass is 450 g/mol. The van der Waals surface area contributed by atoms with Crippen LogP contribution in [0.25, 0.3) is 0 Å². The largest absolute Gasteiger partial charge is 0.357 e. The number of aliphatic imine (C=N–C) groups is 1. The first-order valence-corrected chi connectivity index (χ1v) is 7.88.